The Labute approximate surface area is 87.6 Å². The quantitative estimate of drug-likeness (QED) is 0.349. The van der Waals surface area contributed by atoms with Gasteiger partial charge in [-0.1, -0.05) is 18.0 Å². The average molecular weight is 206 g/mol. The molecular weight excluding hydrogens is 195 g/mol. The third kappa shape index (κ3) is 3.39. The van der Waals surface area contributed by atoms with Gasteiger partial charge in [-0.05, 0) is 24.5 Å². The summed E-state index contributed by atoms with van der Waals surface area (Å²) >= 11 is 0. The van der Waals surface area contributed by atoms with Gasteiger partial charge in [-0.25, -0.2) is 9.37 Å². The molecule has 0 aliphatic carbocycles. The van der Waals surface area contributed by atoms with E-state index in [1.54, 1.807) is 0 Å². The standard InChI is InChI=1S/C11H11FN2O/c1-2-3-4-5-9-6-7-10(12)11(14-9)8-13-15/h6-8,15H,2-3H2,1H3/b13-8-. The van der Waals surface area contributed by atoms with Crippen molar-refractivity contribution in [3.8, 4) is 11.8 Å². The lowest BCUT2D eigenvalue weighted by Crippen LogP contribution is -1.95. The highest BCUT2D eigenvalue weighted by Crippen LogP contribution is 2.03. The van der Waals surface area contributed by atoms with Crippen LogP contribution in [-0.2, 0) is 0 Å². The van der Waals surface area contributed by atoms with Crippen LogP contribution < -0.4 is 0 Å². The summed E-state index contributed by atoms with van der Waals surface area (Å²) in [7, 11) is 0. The highest BCUT2D eigenvalue weighted by molar-refractivity contribution is 5.76. The highest BCUT2D eigenvalue weighted by Gasteiger charge is 2.01. The summed E-state index contributed by atoms with van der Waals surface area (Å²) in [6.07, 6.45) is 2.70. The summed E-state index contributed by atoms with van der Waals surface area (Å²) in [5.41, 5.74) is 0.459. The van der Waals surface area contributed by atoms with Crippen LogP contribution in [0.25, 0.3) is 0 Å². The molecule has 1 N–H and O–H groups in total. The lowest BCUT2D eigenvalue weighted by atomic mass is 10.2. The molecule has 0 fully saturated rings. The van der Waals surface area contributed by atoms with E-state index in [1.807, 2.05) is 6.92 Å². The Morgan fingerprint density at radius 3 is 3.07 bits per heavy atom. The van der Waals surface area contributed by atoms with Gasteiger partial charge in [-0.2, -0.15) is 0 Å². The first-order chi connectivity index (χ1) is 7.27. The van der Waals surface area contributed by atoms with Crippen molar-refractivity contribution in [2.45, 2.75) is 19.8 Å². The smallest absolute Gasteiger partial charge is 0.150 e. The number of unbranched alkanes of at least 4 members (excludes halogenated alkanes) is 1. The molecule has 1 heterocycles. The molecule has 1 rings (SSSR count). The first kappa shape index (κ1) is 11.2. The van der Waals surface area contributed by atoms with Crippen LogP contribution in [0.2, 0.25) is 0 Å². The maximum atomic E-state index is 13.0. The van der Waals surface area contributed by atoms with Crippen molar-refractivity contribution >= 4 is 6.21 Å². The maximum Gasteiger partial charge on any atom is 0.150 e. The second-order valence-electron chi connectivity index (χ2n) is 2.86. The minimum absolute atomic E-state index is 0.0131. The van der Waals surface area contributed by atoms with Gasteiger partial charge in [0.2, 0.25) is 0 Å². The molecule has 0 aromatic carbocycles. The summed E-state index contributed by atoms with van der Waals surface area (Å²) < 4.78 is 13.0. The van der Waals surface area contributed by atoms with E-state index in [9.17, 15) is 4.39 Å². The molecule has 0 unspecified atom stereocenters. The molecule has 4 heteroatoms. The van der Waals surface area contributed by atoms with Crippen LogP contribution in [0.15, 0.2) is 17.3 Å². The van der Waals surface area contributed by atoms with Gasteiger partial charge in [-0.15, -0.1) is 0 Å². The molecule has 0 saturated heterocycles. The van der Waals surface area contributed by atoms with Gasteiger partial charge >= 0.3 is 0 Å². The molecule has 1 aromatic heterocycles. The molecule has 0 atom stereocenters. The van der Waals surface area contributed by atoms with E-state index in [4.69, 9.17) is 5.21 Å². The SMILES string of the molecule is CCCC#Cc1ccc(F)c(/C=N\O)n1. The van der Waals surface area contributed by atoms with E-state index in [1.165, 1.54) is 12.1 Å². The van der Waals surface area contributed by atoms with Gasteiger partial charge in [0.25, 0.3) is 0 Å². The lowest BCUT2D eigenvalue weighted by molar-refractivity contribution is 0.321. The zero-order valence-corrected chi connectivity index (χ0v) is 8.37. The normalized spacial score (nSPS) is 10.0. The van der Waals surface area contributed by atoms with Gasteiger partial charge in [0.15, 0.2) is 5.82 Å². The zero-order valence-electron chi connectivity index (χ0n) is 8.37. The number of nitrogens with zero attached hydrogens (tertiary/aromatic N) is 2. The fourth-order valence-electron chi connectivity index (χ4n) is 0.951. The highest BCUT2D eigenvalue weighted by atomic mass is 19.1. The summed E-state index contributed by atoms with van der Waals surface area (Å²) in [5, 5.41) is 11.0. The Morgan fingerprint density at radius 2 is 2.40 bits per heavy atom. The molecule has 1 aromatic rings. The first-order valence-corrected chi connectivity index (χ1v) is 4.60. The Morgan fingerprint density at radius 1 is 1.60 bits per heavy atom. The van der Waals surface area contributed by atoms with Gasteiger partial charge < -0.3 is 5.21 Å². The number of halogens is 1. The Balaban J connectivity index is 2.93. The van der Waals surface area contributed by atoms with E-state index in [-0.39, 0.29) is 5.69 Å². The molecule has 0 radical (unpaired) electrons. The summed E-state index contributed by atoms with van der Waals surface area (Å²) in [5.74, 6) is 5.17. The molecule has 0 aliphatic heterocycles. The predicted octanol–water partition coefficient (Wildman–Crippen LogP) is 2.18. The minimum Gasteiger partial charge on any atom is -0.411 e. The van der Waals surface area contributed by atoms with E-state index in [0.29, 0.717) is 5.69 Å². The van der Waals surface area contributed by atoms with Crippen LogP contribution >= 0.6 is 0 Å². The van der Waals surface area contributed by atoms with Crippen molar-refractivity contribution in [3.05, 3.63) is 29.3 Å². The van der Waals surface area contributed by atoms with Crippen molar-refractivity contribution < 1.29 is 9.60 Å². The molecule has 3 nitrogen and oxygen atoms in total. The van der Waals surface area contributed by atoms with Crippen LogP contribution in [0.4, 0.5) is 4.39 Å². The van der Waals surface area contributed by atoms with Crippen LogP contribution in [-0.4, -0.2) is 16.4 Å². The van der Waals surface area contributed by atoms with Crippen LogP contribution in [0.3, 0.4) is 0 Å². The van der Waals surface area contributed by atoms with Crippen LogP contribution in [0.5, 0.6) is 0 Å². The largest absolute Gasteiger partial charge is 0.411 e. The number of pyridine rings is 1. The van der Waals surface area contributed by atoms with E-state index < -0.39 is 5.82 Å². The van der Waals surface area contributed by atoms with Crippen molar-refractivity contribution in [3.63, 3.8) is 0 Å². The third-order valence-corrected chi connectivity index (χ3v) is 1.64. The monoisotopic (exact) mass is 206 g/mol. The summed E-state index contributed by atoms with van der Waals surface area (Å²) in [6.45, 7) is 2.02. The second-order valence-corrected chi connectivity index (χ2v) is 2.86. The van der Waals surface area contributed by atoms with E-state index in [0.717, 1.165) is 19.1 Å². The minimum atomic E-state index is -0.533. The molecule has 0 bridgehead atoms. The average Bonchev–Trinajstić information content (AvgIpc) is 2.23. The molecule has 78 valence electrons. The number of rotatable bonds is 2. The van der Waals surface area contributed by atoms with E-state index >= 15 is 0 Å². The zero-order chi connectivity index (χ0) is 11.1. The fraction of sp³-hybridized carbons (Fsp3) is 0.273. The number of hydrogen-bond acceptors (Lipinski definition) is 3. The van der Waals surface area contributed by atoms with Gasteiger partial charge in [-0.3, -0.25) is 0 Å². The van der Waals surface area contributed by atoms with Crippen LogP contribution in [0, 0.1) is 17.7 Å². The van der Waals surface area contributed by atoms with Gasteiger partial charge in [0.05, 0.1) is 6.21 Å². The lowest BCUT2D eigenvalue weighted by Gasteiger charge is -1.95. The van der Waals surface area contributed by atoms with Gasteiger partial charge in [0, 0.05) is 6.42 Å². The molecule has 0 spiro atoms. The summed E-state index contributed by atoms with van der Waals surface area (Å²) in [6, 6.07) is 2.74. The maximum absolute atomic E-state index is 13.0. The molecule has 15 heavy (non-hydrogen) atoms. The molecule has 0 saturated carbocycles. The number of oxime groups is 1. The van der Waals surface area contributed by atoms with Gasteiger partial charge in [0.1, 0.15) is 11.4 Å². The van der Waals surface area contributed by atoms with Crippen molar-refractivity contribution in [2.75, 3.05) is 0 Å². The Hall–Kier alpha value is -1.89. The number of aromatic nitrogens is 1. The molecule has 0 aliphatic rings. The molecule has 0 amide bonds. The Kier molecular flexibility index (Phi) is 4.30. The summed E-state index contributed by atoms with van der Waals surface area (Å²) in [4.78, 5) is 3.88. The van der Waals surface area contributed by atoms with Crippen molar-refractivity contribution in [2.24, 2.45) is 5.16 Å². The number of hydrogen-bond donors (Lipinski definition) is 1. The van der Waals surface area contributed by atoms with Crippen molar-refractivity contribution in [1.29, 1.82) is 0 Å². The predicted molar refractivity (Wildman–Crippen MR) is 55.4 cm³/mol. The molecular formula is C11H11FN2O. The fourth-order valence-corrected chi connectivity index (χ4v) is 0.951. The van der Waals surface area contributed by atoms with E-state index in [2.05, 4.69) is 22.0 Å². The Bertz CT molecular complexity index is 418. The first-order valence-electron chi connectivity index (χ1n) is 4.60. The van der Waals surface area contributed by atoms with Crippen LogP contribution in [0.1, 0.15) is 31.2 Å². The van der Waals surface area contributed by atoms with Crippen molar-refractivity contribution in [1.82, 2.24) is 4.98 Å². The topological polar surface area (TPSA) is 45.5 Å². The third-order valence-electron chi connectivity index (χ3n) is 1.64. The second kappa shape index (κ2) is 5.76.